The summed E-state index contributed by atoms with van der Waals surface area (Å²) in [5.41, 5.74) is 3.38. The number of hydrogen-bond acceptors (Lipinski definition) is 4. The van der Waals surface area contributed by atoms with E-state index in [1.54, 1.807) is 18.2 Å². The summed E-state index contributed by atoms with van der Waals surface area (Å²) in [4.78, 5) is 11.9. The average molecular weight is 274 g/mol. The summed E-state index contributed by atoms with van der Waals surface area (Å²) in [7, 11) is 1.49. The Morgan fingerprint density at radius 3 is 2.95 bits per heavy atom. The van der Waals surface area contributed by atoms with E-state index in [2.05, 4.69) is 10.5 Å². The van der Waals surface area contributed by atoms with E-state index >= 15 is 0 Å². The van der Waals surface area contributed by atoms with Crippen molar-refractivity contribution in [2.24, 2.45) is 16.4 Å². The number of para-hydroxylation sites is 1. The number of hydrogen-bond donors (Lipinski definition) is 2. The van der Waals surface area contributed by atoms with Gasteiger partial charge in [-0.05, 0) is 36.8 Å². The van der Waals surface area contributed by atoms with Crippen LogP contribution in [-0.4, -0.2) is 24.3 Å². The lowest BCUT2D eigenvalue weighted by Crippen LogP contribution is -2.26. The first-order valence-corrected chi connectivity index (χ1v) is 6.85. The van der Waals surface area contributed by atoms with Gasteiger partial charge in [-0.2, -0.15) is 5.10 Å². The van der Waals surface area contributed by atoms with E-state index in [1.165, 1.54) is 32.6 Å². The molecule has 1 atom stereocenters. The molecule has 0 bridgehead atoms. The lowest BCUT2D eigenvalue weighted by molar-refractivity contribution is -0.123. The fourth-order valence-corrected chi connectivity index (χ4v) is 2.95. The molecule has 0 heterocycles. The number of hydrazone groups is 1. The fraction of sp³-hybridized carbons (Fsp3) is 0.467. The second kappa shape index (κ2) is 4.81. The van der Waals surface area contributed by atoms with Crippen LogP contribution in [-0.2, 0) is 4.79 Å². The zero-order valence-electron chi connectivity index (χ0n) is 11.4. The van der Waals surface area contributed by atoms with Gasteiger partial charge in [0.1, 0.15) is 0 Å². The SMILES string of the molecule is COc1cccc(/C=N\NC(=O)[C@@H]2CC23CCC3)c1O. The molecule has 2 fully saturated rings. The topological polar surface area (TPSA) is 70.9 Å². The minimum absolute atomic E-state index is 0.0108. The maximum atomic E-state index is 11.9. The number of aromatic hydroxyl groups is 1. The third kappa shape index (κ3) is 2.13. The van der Waals surface area contributed by atoms with Crippen molar-refractivity contribution < 1.29 is 14.6 Å². The average Bonchev–Trinajstić information content (AvgIpc) is 3.16. The number of rotatable bonds is 4. The van der Waals surface area contributed by atoms with E-state index in [9.17, 15) is 9.90 Å². The first-order valence-electron chi connectivity index (χ1n) is 6.85. The third-order valence-corrected chi connectivity index (χ3v) is 4.48. The van der Waals surface area contributed by atoms with E-state index in [4.69, 9.17) is 4.74 Å². The van der Waals surface area contributed by atoms with Crippen molar-refractivity contribution in [2.75, 3.05) is 7.11 Å². The molecule has 0 aromatic heterocycles. The fourth-order valence-electron chi connectivity index (χ4n) is 2.95. The predicted molar refractivity (Wildman–Crippen MR) is 74.8 cm³/mol. The molecule has 0 unspecified atom stereocenters. The number of ether oxygens (including phenoxy) is 1. The van der Waals surface area contributed by atoms with Crippen LogP contribution in [0.15, 0.2) is 23.3 Å². The van der Waals surface area contributed by atoms with Crippen molar-refractivity contribution in [1.82, 2.24) is 5.43 Å². The van der Waals surface area contributed by atoms with Crippen LogP contribution in [0.3, 0.4) is 0 Å². The molecule has 3 rings (SSSR count). The van der Waals surface area contributed by atoms with Gasteiger partial charge in [-0.1, -0.05) is 12.5 Å². The Kier molecular flexibility index (Phi) is 3.12. The highest BCUT2D eigenvalue weighted by Crippen LogP contribution is 2.65. The number of benzene rings is 1. The summed E-state index contributed by atoms with van der Waals surface area (Å²) in [5.74, 6) is 0.529. The van der Waals surface area contributed by atoms with E-state index in [1.807, 2.05) is 0 Å². The molecule has 0 aliphatic heterocycles. The first-order chi connectivity index (χ1) is 9.66. The lowest BCUT2D eigenvalue weighted by atomic mass is 9.80. The van der Waals surface area contributed by atoms with Crippen LogP contribution in [0.1, 0.15) is 31.2 Å². The molecule has 2 N–H and O–H groups in total. The van der Waals surface area contributed by atoms with Crippen molar-refractivity contribution in [2.45, 2.75) is 25.7 Å². The van der Waals surface area contributed by atoms with E-state index in [-0.39, 0.29) is 17.6 Å². The van der Waals surface area contributed by atoms with Crippen molar-refractivity contribution in [3.63, 3.8) is 0 Å². The molecular formula is C15H18N2O3. The molecule has 0 radical (unpaired) electrons. The van der Waals surface area contributed by atoms with Gasteiger partial charge in [0.05, 0.1) is 13.3 Å². The Bertz CT molecular complexity index is 564. The molecule has 1 spiro atoms. The molecule has 1 aromatic rings. The molecule has 2 saturated carbocycles. The predicted octanol–water partition coefficient (Wildman–Crippen LogP) is 2.04. The molecule has 2 aliphatic rings. The van der Waals surface area contributed by atoms with E-state index in [0.717, 1.165) is 6.42 Å². The number of nitrogens with zero attached hydrogens (tertiary/aromatic N) is 1. The standard InChI is InChI=1S/C15H18N2O3/c1-20-12-5-2-4-10(13(12)18)9-16-17-14(19)11-8-15(11)6-3-7-15/h2,4-5,9,11,18H,3,6-8H2,1H3,(H,17,19)/b16-9-/t11-/m0/s1. The molecule has 5 nitrogen and oxygen atoms in total. The number of amides is 1. The van der Waals surface area contributed by atoms with E-state index < -0.39 is 0 Å². The van der Waals surface area contributed by atoms with Crippen LogP contribution in [0.4, 0.5) is 0 Å². The second-order valence-electron chi connectivity index (χ2n) is 5.60. The van der Waals surface area contributed by atoms with Gasteiger partial charge < -0.3 is 9.84 Å². The Balaban J connectivity index is 1.59. The molecule has 1 amide bonds. The number of phenolic OH excluding ortho intramolecular Hbond substituents is 1. The van der Waals surface area contributed by atoms with Gasteiger partial charge in [0.15, 0.2) is 11.5 Å². The van der Waals surface area contributed by atoms with Crippen LogP contribution in [0.5, 0.6) is 11.5 Å². The van der Waals surface area contributed by atoms with Crippen molar-refractivity contribution >= 4 is 12.1 Å². The number of nitrogens with one attached hydrogen (secondary N) is 1. The maximum absolute atomic E-state index is 11.9. The summed E-state index contributed by atoms with van der Waals surface area (Å²) >= 11 is 0. The Labute approximate surface area is 117 Å². The van der Waals surface area contributed by atoms with Gasteiger partial charge in [0.2, 0.25) is 5.91 Å². The number of methoxy groups -OCH3 is 1. The number of phenols is 1. The van der Waals surface area contributed by atoms with Crippen molar-refractivity contribution in [3.8, 4) is 11.5 Å². The Morgan fingerprint density at radius 1 is 1.55 bits per heavy atom. The normalized spacial score (nSPS) is 22.6. The van der Waals surface area contributed by atoms with Gasteiger partial charge >= 0.3 is 0 Å². The van der Waals surface area contributed by atoms with Gasteiger partial charge in [0, 0.05) is 11.5 Å². The zero-order valence-corrected chi connectivity index (χ0v) is 11.4. The van der Waals surface area contributed by atoms with Gasteiger partial charge in [-0.25, -0.2) is 5.43 Å². The molecule has 0 saturated heterocycles. The highest BCUT2D eigenvalue weighted by molar-refractivity contribution is 5.87. The Morgan fingerprint density at radius 2 is 2.35 bits per heavy atom. The molecular weight excluding hydrogens is 256 g/mol. The van der Waals surface area contributed by atoms with Crippen LogP contribution >= 0.6 is 0 Å². The first kappa shape index (κ1) is 13.0. The highest BCUT2D eigenvalue weighted by Gasteiger charge is 2.60. The molecule has 20 heavy (non-hydrogen) atoms. The number of carbonyl (C=O) groups excluding carboxylic acids is 1. The smallest absolute Gasteiger partial charge is 0.243 e. The van der Waals surface area contributed by atoms with Crippen LogP contribution in [0.2, 0.25) is 0 Å². The van der Waals surface area contributed by atoms with Crippen molar-refractivity contribution in [3.05, 3.63) is 23.8 Å². The van der Waals surface area contributed by atoms with Gasteiger partial charge in [-0.15, -0.1) is 0 Å². The molecule has 5 heteroatoms. The summed E-state index contributed by atoms with van der Waals surface area (Å²) in [6.07, 6.45) is 6.02. The summed E-state index contributed by atoms with van der Waals surface area (Å²) in [6, 6.07) is 5.12. The molecule has 2 aliphatic carbocycles. The van der Waals surface area contributed by atoms with Gasteiger partial charge in [-0.3, -0.25) is 4.79 Å². The van der Waals surface area contributed by atoms with E-state index in [0.29, 0.717) is 16.7 Å². The maximum Gasteiger partial charge on any atom is 0.243 e. The minimum atomic E-state index is -0.0108. The molecule has 1 aromatic carbocycles. The summed E-state index contributed by atoms with van der Waals surface area (Å²) < 4.78 is 5.01. The summed E-state index contributed by atoms with van der Waals surface area (Å²) in [6.45, 7) is 0. The molecule has 106 valence electrons. The van der Waals surface area contributed by atoms with Crippen molar-refractivity contribution in [1.29, 1.82) is 0 Å². The second-order valence-corrected chi connectivity index (χ2v) is 5.60. The quantitative estimate of drug-likeness (QED) is 0.652. The number of carbonyl (C=O) groups is 1. The third-order valence-electron chi connectivity index (χ3n) is 4.48. The largest absolute Gasteiger partial charge is 0.504 e. The van der Waals surface area contributed by atoms with Crippen LogP contribution in [0, 0.1) is 11.3 Å². The van der Waals surface area contributed by atoms with Gasteiger partial charge in [0.25, 0.3) is 0 Å². The van der Waals surface area contributed by atoms with Crippen LogP contribution < -0.4 is 10.2 Å². The monoisotopic (exact) mass is 274 g/mol. The zero-order chi connectivity index (χ0) is 14.2. The minimum Gasteiger partial charge on any atom is -0.504 e. The lowest BCUT2D eigenvalue weighted by Gasteiger charge is -2.25. The Hall–Kier alpha value is -2.04. The van der Waals surface area contributed by atoms with Crippen LogP contribution in [0.25, 0.3) is 0 Å². The summed E-state index contributed by atoms with van der Waals surface area (Å²) in [5, 5.41) is 13.8. The highest BCUT2D eigenvalue weighted by atomic mass is 16.5.